The molecule has 0 aliphatic rings. The van der Waals surface area contributed by atoms with Gasteiger partial charge in [-0.3, -0.25) is 4.98 Å². The van der Waals surface area contributed by atoms with Crippen LogP contribution in [-0.2, 0) is 13.0 Å². The highest BCUT2D eigenvalue weighted by atomic mass is 19.1. The molecule has 0 amide bonds. The summed E-state index contributed by atoms with van der Waals surface area (Å²) in [6, 6.07) is 10.8. The van der Waals surface area contributed by atoms with Crippen LogP contribution in [-0.4, -0.2) is 24.0 Å². The van der Waals surface area contributed by atoms with Crippen LogP contribution in [0.4, 0.5) is 4.39 Å². The van der Waals surface area contributed by atoms with Crippen LogP contribution in [0.5, 0.6) is 0 Å². The van der Waals surface area contributed by atoms with Gasteiger partial charge in [0.25, 0.3) is 0 Å². The number of aliphatic imine (C=N–C) groups is 1. The topological polar surface area (TPSA) is 49.3 Å². The maximum Gasteiger partial charge on any atom is 0.191 e. The fourth-order valence-corrected chi connectivity index (χ4v) is 2.10. The molecule has 0 radical (unpaired) electrons. The van der Waals surface area contributed by atoms with Crippen molar-refractivity contribution in [3.63, 3.8) is 0 Å². The summed E-state index contributed by atoms with van der Waals surface area (Å²) in [5.74, 6) is 0.466. The minimum absolute atomic E-state index is 0.224. The Bertz CT molecular complexity index is 638. The van der Waals surface area contributed by atoms with E-state index in [2.05, 4.69) is 26.7 Å². The van der Waals surface area contributed by atoms with E-state index in [1.807, 2.05) is 32.2 Å². The zero-order chi connectivity index (χ0) is 16.5. The molecule has 5 heteroatoms. The summed E-state index contributed by atoms with van der Waals surface area (Å²) in [6.07, 6.45) is 2.75. The number of rotatable bonds is 6. The van der Waals surface area contributed by atoms with Crippen LogP contribution in [0.15, 0.2) is 47.6 Å². The van der Waals surface area contributed by atoms with E-state index in [1.165, 1.54) is 11.6 Å². The minimum atomic E-state index is -0.224. The van der Waals surface area contributed by atoms with Gasteiger partial charge in [0.15, 0.2) is 5.96 Å². The lowest BCUT2D eigenvalue weighted by Crippen LogP contribution is -2.38. The van der Waals surface area contributed by atoms with E-state index < -0.39 is 0 Å². The number of aryl methyl sites for hydroxylation is 1. The molecule has 0 saturated carbocycles. The fourth-order valence-electron chi connectivity index (χ4n) is 2.10. The van der Waals surface area contributed by atoms with Gasteiger partial charge in [-0.05, 0) is 38.0 Å². The molecular formula is C18H23FN4. The summed E-state index contributed by atoms with van der Waals surface area (Å²) >= 11 is 0. The molecular weight excluding hydrogens is 291 g/mol. The first-order valence-electron chi connectivity index (χ1n) is 7.86. The number of nitrogens with zero attached hydrogens (tertiary/aromatic N) is 2. The van der Waals surface area contributed by atoms with E-state index >= 15 is 0 Å². The second-order valence-corrected chi connectivity index (χ2v) is 5.27. The molecule has 2 N–H and O–H groups in total. The summed E-state index contributed by atoms with van der Waals surface area (Å²) in [7, 11) is 0. The molecule has 23 heavy (non-hydrogen) atoms. The van der Waals surface area contributed by atoms with Gasteiger partial charge in [-0.2, -0.15) is 0 Å². The number of guanidine groups is 1. The van der Waals surface area contributed by atoms with Crippen molar-refractivity contribution in [2.24, 2.45) is 4.99 Å². The predicted octanol–water partition coefficient (Wildman–Crippen LogP) is 2.83. The van der Waals surface area contributed by atoms with Gasteiger partial charge in [-0.15, -0.1) is 0 Å². The van der Waals surface area contributed by atoms with Crippen LogP contribution in [0.1, 0.15) is 23.7 Å². The van der Waals surface area contributed by atoms with Crippen LogP contribution in [0, 0.1) is 12.7 Å². The predicted molar refractivity (Wildman–Crippen MR) is 91.9 cm³/mol. The molecule has 0 aliphatic heterocycles. The molecule has 2 aromatic rings. The molecule has 1 aromatic carbocycles. The van der Waals surface area contributed by atoms with Gasteiger partial charge >= 0.3 is 0 Å². The van der Waals surface area contributed by atoms with Crippen LogP contribution in [0.3, 0.4) is 0 Å². The fraction of sp³-hybridized carbons (Fsp3) is 0.333. The number of nitrogens with one attached hydrogen (secondary N) is 2. The van der Waals surface area contributed by atoms with Crippen molar-refractivity contribution < 1.29 is 4.39 Å². The highest BCUT2D eigenvalue weighted by Crippen LogP contribution is 2.07. The third kappa shape index (κ3) is 5.70. The number of benzene rings is 1. The van der Waals surface area contributed by atoms with Crippen molar-refractivity contribution in [2.45, 2.75) is 26.8 Å². The number of hydrogen-bond acceptors (Lipinski definition) is 2. The monoisotopic (exact) mass is 314 g/mol. The minimum Gasteiger partial charge on any atom is -0.357 e. The van der Waals surface area contributed by atoms with E-state index in [-0.39, 0.29) is 5.82 Å². The van der Waals surface area contributed by atoms with Gasteiger partial charge in [0.1, 0.15) is 5.82 Å². The molecule has 0 aliphatic carbocycles. The highest BCUT2D eigenvalue weighted by Gasteiger charge is 2.02. The van der Waals surface area contributed by atoms with Gasteiger partial charge < -0.3 is 10.6 Å². The third-order valence-electron chi connectivity index (χ3n) is 3.39. The zero-order valence-corrected chi connectivity index (χ0v) is 13.6. The van der Waals surface area contributed by atoms with Gasteiger partial charge in [0, 0.05) is 30.5 Å². The molecule has 0 saturated heterocycles. The summed E-state index contributed by atoms with van der Waals surface area (Å²) in [5, 5.41) is 6.43. The highest BCUT2D eigenvalue weighted by molar-refractivity contribution is 5.79. The largest absolute Gasteiger partial charge is 0.357 e. The van der Waals surface area contributed by atoms with Gasteiger partial charge in [-0.1, -0.05) is 24.3 Å². The molecule has 122 valence electrons. The van der Waals surface area contributed by atoms with Crippen LogP contribution in [0.25, 0.3) is 0 Å². The molecule has 0 spiro atoms. The van der Waals surface area contributed by atoms with Gasteiger partial charge in [0.2, 0.25) is 0 Å². The Hall–Kier alpha value is -2.43. The van der Waals surface area contributed by atoms with E-state index in [9.17, 15) is 4.39 Å². The van der Waals surface area contributed by atoms with Crippen molar-refractivity contribution in [1.82, 2.24) is 15.6 Å². The lowest BCUT2D eigenvalue weighted by atomic mass is 10.2. The van der Waals surface area contributed by atoms with Crippen LogP contribution >= 0.6 is 0 Å². The zero-order valence-electron chi connectivity index (χ0n) is 13.6. The first-order valence-corrected chi connectivity index (χ1v) is 7.86. The molecule has 0 bridgehead atoms. The molecule has 0 atom stereocenters. The summed E-state index contributed by atoms with van der Waals surface area (Å²) in [6.45, 7) is 5.79. The number of halogens is 1. The standard InChI is InChI=1S/C18H23FN4/c1-3-20-18(23-13-16-6-4-5-7-17(16)19)21-11-10-15-9-8-14(2)22-12-15/h4-9,12H,3,10-11,13H2,1-2H3,(H2,20,21,23). The second kappa shape index (κ2) is 8.88. The molecule has 2 rings (SSSR count). The van der Waals surface area contributed by atoms with E-state index in [1.54, 1.807) is 12.1 Å². The Morgan fingerprint density at radius 2 is 2.00 bits per heavy atom. The Morgan fingerprint density at radius 3 is 2.70 bits per heavy atom. The average molecular weight is 314 g/mol. The summed E-state index contributed by atoms with van der Waals surface area (Å²) < 4.78 is 13.6. The SMILES string of the molecule is CCNC(=NCc1ccccc1F)NCCc1ccc(C)nc1. The number of pyridine rings is 1. The second-order valence-electron chi connectivity index (χ2n) is 5.27. The van der Waals surface area contributed by atoms with E-state index in [0.717, 1.165) is 25.2 Å². The molecule has 4 nitrogen and oxygen atoms in total. The van der Waals surface area contributed by atoms with Crippen molar-refractivity contribution in [1.29, 1.82) is 0 Å². The smallest absolute Gasteiger partial charge is 0.191 e. The normalized spacial score (nSPS) is 11.3. The summed E-state index contributed by atoms with van der Waals surface area (Å²) in [5.41, 5.74) is 2.78. The lowest BCUT2D eigenvalue weighted by molar-refractivity contribution is 0.610. The molecule has 1 heterocycles. The van der Waals surface area contributed by atoms with E-state index in [0.29, 0.717) is 18.1 Å². The summed E-state index contributed by atoms with van der Waals surface area (Å²) in [4.78, 5) is 8.71. The number of hydrogen-bond donors (Lipinski definition) is 2. The van der Waals surface area contributed by atoms with E-state index in [4.69, 9.17) is 0 Å². The van der Waals surface area contributed by atoms with Gasteiger partial charge in [-0.25, -0.2) is 9.38 Å². The van der Waals surface area contributed by atoms with Crippen molar-refractivity contribution in [3.05, 3.63) is 65.2 Å². The first-order chi connectivity index (χ1) is 11.2. The quantitative estimate of drug-likeness (QED) is 0.637. The van der Waals surface area contributed by atoms with Crippen molar-refractivity contribution >= 4 is 5.96 Å². The van der Waals surface area contributed by atoms with Crippen LogP contribution in [0.2, 0.25) is 0 Å². The third-order valence-corrected chi connectivity index (χ3v) is 3.39. The maximum atomic E-state index is 13.6. The lowest BCUT2D eigenvalue weighted by Gasteiger charge is -2.11. The molecule has 0 unspecified atom stereocenters. The Kier molecular flexibility index (Phi) is 6.54. The Labute approximate surface area is 136 Å². The van der Waals surface area contributed by atoms with Crippen molar-refractivity contribution in [2.75, 3.05) is 13.1 Å². The maximum absolute atomic E-state index is 13.6. The molecule has 1 aromatic heterocycles. The van der Waals surface area contributed by atoms with Crippen molar-refractivity contribution in [3.8, 4) is 0 Å². The first kappa shape index (κ1) is 16.9. The Morgan fingerprint density at radius 1 is 1.17 bits per heavy atom. The average Bonchev–Trinajstić information content (AvgIpc) is 2.56. The molecule has 0 fully saturated rings. The Balaban J connectivity index is 1.89. The number of aromatic nitrogens is 1. The van der Waals surface area contributed by atoms with Gasteiger partial charge in [0.05, 0.1) is 6.54 Å². The van der Waals surface area contributed by atoms with Crippen LogP contribution < -0.4 is 10.6 Å².